The van der Waals surface area contributed by atoms with Gasteiger partial charge in [0.25, 0.3) is 5.56 Å². The Morgan fingerprint density at radius 2 is 2.08 bits per heavy atom. The van der Waals surface area contributed by atoms with Gasteiger partial charge in [0.1, 0.15) is 0 Å². The molecule has 0 aliphatic carbocycles. The molecular weight excluding hydrogens is 316 g/mol. The smallest absolute Gasteiger partial charge is 0.250 e. The zero-order chi connectivity index (χ0) is 16.7. The van der Waals surface area contributed by atoms with E-state index in [1.165, 1.54) is 21.9 Å². The van der Waals surface area contributed by atoms with Gasteiger partial charge in [0.05, 0.1) is 0 Å². The average Bonchev–Trinajstić information content (AvgIpc) is 2.96. The second-order valence-corrected chi connectivity index (χ2v) is 8.79. The SMILES string of the molecule is CCC[C@H]1[C@H]2C[C@H](CN(Cc3ccc(C)s3)C2)c2cccc(=O)n21. The Kier molecular flexibility index (Phi) is 4.35. The van der Waals surface area contributed by atoms with Crippen molar-refractivity contribution in [2.45, 2.75) is 51.6 Å². The normalized spacial score (nSPS) is 26.3. The van der Waals surface area contributed by atoms with Gasteiger partial charge in [0.2, 0.25) is 0 Å². The molecule has 2 aromatic heterocycles. The third-order valence-corrected chi connectivity index (χ3v) is 6.62. The summed E-state index contributed by atoms with van der Waals surface area (Å²) >= 11 is 1.91. The zero-order valence-electron chi connectivity index (χ0n) is 14.6. The Balaban J connectivity index is 1.64. The molecule has 0 N–H and O–H groups in total. The molecule has 2 aliphatic rings. The molecule has 0 aromatic carbocycles. The number of rotatable bonds is 4. The number of hydrogen-bond acceptors (Lipinski definition) is 3. The van der Waals surface area contributed by atoms with Gasteiger partial charge >= 0.3 is 0 Å². The van der Waals surface area contributed by atoms with Crippen molar-refractivity contribution in [3.8, 4) is 0 Å². The van der Waals surface area contributed by atoms with Gasteiger partial charge < -0.3 is 4.57 Å². The maximum atomic E-state index is 12.5. The van der Waals surface area contributed by atoms with E-state index in [4.69, 9.17) is 0 Å². The van der Waals surface area contributed by atoms with Crippen LogP contribution in [0.4, 0.5) is 0 Å². The number of fused-ring (bicyclic) bond motifs is 4. The van der Waals surface area contributed by atoms with Crippen molar-refractivity contribution in [1.82, 2.24) is 9.47 Å². The van der Waals surface area contributed by atoms with E-state index in [9.17, 15) is 4.79 Å². The van der Waals surface area contributed by atoms with Gasteiger partial charge in [-0.05, 0) is 43.9 Å². The minimum Gasteiger partial charge on any atom is -0.309 e. The molecule has 3 nitrogen and oxygen atoms in total. The molecule has 2 aromatic rings. The lowest BCUT2D eigenvalue weighted by molar-refractivity contribution is 0.0824. The number of aryl methyl sites for hydroxylation is 1. The highest BCUT2D eigenvalue weighted by molar-refractivity contribution is 7.11. The molecule has 0 amide bonds. The Morgan fingerprint density at radius 3 is 2.83 bits per heavy atom. The second-order valence-electron chi connectivity index (χ2n) is 7.41. The Morgan fingerprint density at radius 1 is 1.21 bits per heavy atom. The van der Waals surface area contributed by atoms with Gasteiger partial charge in [-0.1, -0.05) is 19.4 Å². The van der Waals surface area contributed by atoms with Gasteiger partial charge in [-0.25, -0.2) is 0 Å². The predicted octanol–water partition coefficient (Wildman–Crippen LogP) is 4.18. The first-order valence-electron chi connectivity index (χ1n) is 9.15. The molecule has 2 aliphatic heterocycles. The number of aromatic nitrogens is 1. The quantitative estimate of drug-likeness (QED) is 0.833. The van der Waals surface area contributed by atoms with Crippen molar-refractivity contribution in [3.05, 3.63) is 56.1 Å². The summed E-state index contributed by atoms with van der Waals surface area (Å²) in [6, 6.07) is 10.7. The van der Waals surface area contributed by atoms with E-state index in [2.05, 4.69) is 41.5 Å². The molecule has 1 fully saturated rings. The fourth-order valence-electron chi connectivity index (χ4n) is 4.72. The fourth-order valence-corrected chi connectivity index (χ4v) is 5.65. The van der Waals surface area contributed by atoms with Crippen LogP contribution in [0, 0.1) is 12.8 Å². The Hall–Kier alpha value is -1.39. The predicted molar refractivity (Wildman–Crippen MR) is 99.8 cm³/mol. The first kappa shape index (κ1) is 16.1. The summed E-state index contributed by atoms with van der Waals surface area (Å²) in [6.45, 7) is 7.67. The molecule has 24 heavy (non-hydrogen) atoms. The summed E-state index contributed by atoms with van der Waals surface area (Å²) in [5, 5.41) is 0. The number of pyridine rings is 1. The first-order valence-corrected chi connectivity index (χ1v) is 9.96. The van der Waals surface area contributed by atoms with Crippen molar-refractivity contribution in [2.24, 2.45) is 5.92 Å². The van der Waals surface area contributed by atoms with Crippen LogP contribution < -0.4 is 5.56 Å². The minimum absolute atomic E-state index is 0.197. The van der Waals surface area contributed by atoms with Crippen LogP contribution in [-0.4, -0.2) is 22.6 Å². The van der Waals surface area contributed by atoms with Crippen LogP contribution in [0.15, 0.2) is 35.1 Å². The highest BCUT2D eigenvalue weighted by Crippen LogP contribution is 2.43. The lowest BCUT2D eigenvalue weighted by atomic mass is 9.77. The van der Waals surface area contributed by atoms with Crippen LogP contribution >= 0.6 is 11.3 Å². The molecule has 4 rings (SSSR count). The molecule has 128 valence electrons. The van der Waals surface area contributed by atoms with E-state index in [0.717, 1.165) is 32.5 Å². The fraction of sp³-hybridized carbons (Fsp3) is 0.550. The van der Waals surface area contributed by atoms with Crippen molar-refractivity contribution in [1.29, 1.82) is 0 Å². The van der Waals surface area contributed by atoms with Crippen molar-refractivity contribution < 1.29 is 0 Å². The topological polar surface area (TPSA) is 25.2 Å². The average molecular weight is 343 g/mol. The lowest BCUT2D eigenvalue weighted by Crippen LogP contribution is -2.49. The molecule has 0 radical (unpaired) electrons. The van der Waals surface area contributed by atoms with Gasteiger partial charge in [-0.2, -0.15) is 0 Å². The highest BCUT2D eigenvalue weighted by Gasteiger charge is 2.39. The molecule has 1 saturated heterocycles. The van der Waals surface area contributed by atoms with Gasteiger partial charge in [0, 0.05) is 53.1 Å². The summed E-state index contributed by atoms with van der Waals surface area (Å²) in [5.41, 5.74) is 1.47. The van der Waals surface area contributed by atoms with Crippen molar-refractivity contribution >= 4 is 11.3 Å². The molecule has 0 saturated carbocycles. The second kappa shape index (κ2) is 6.49. The largest absolute Gasteiger partial charge is 0.309 e. The van der Waals surface area contributed by atoms with E-state index in [1.807, 2.05) is 17.4 Å². The summed E-state index contributed by atoms with van der Waals surface area (Å²) in [4.78, 5) is 18.0. The Labute approximate surface area is 147 Å². The molecule has 0 unspecified atom stereocenters. The van der Waals surface area contributed by atoms with Crippen LogP contribution in [0.25, 0.3) is 0 Å². The van der Waals surface area contributed by atoms with Crippen LogP contribution in [0.1, 0.15) is 53.6 Å². The molecule has 2 bridgehead atoms. The third kappa shape index (κ3) is 2.86. The van der Waals surface area contributed by atoms with E-state index in [-0.39, 0.29) is 5.56 Å². The summed E-state index contributed by atoms with van der Waals surface area (Å²) in [6.07, 6.45) is 3.49. The van der Waals surface area contributed by atoms with E-state index < -0.39 is 0 Å². The monoisotopic (exact) mass is 342 g/mol. The minimum atomic E-state index is 0.197. The number of nitrogens with zero attached hydrogens (tertiary/aromatic N) is 2. The van der Waals surface area contributed by atoms with Gasteiger partial charge in [-0.15, -0.1) is 11.3 Å². The van der Waals surface area contributed by atoms with Gasteiger partial charge in [0.15, 0.2) is 0 Å². The summed E-state index contributed by atoms with van der Waals surface area (Å²) < 4.78 is 2.13. The maximum Gasteiger partial charge on any atom is 0.250 e. The third-order valence-electron chi connectivity index (χ3n) is 5.63. The maximum absolute atomic E-state index is 12.5. The van der Waals surface area contributed by atoms with Crippen LogP contribution in [0.5, 0.6) is 0 Å². The number of hydrogen-bond donors (Lipinski definition) is 0. The van der Waals surface area contributed by atoms with Crippen LogP contribution in [-0.2, 0) is 6.54 Å². The van der Waals surface area contributed by atoms with E-state index >= 15 is 0 Å². The number of thiophene rings is 1. The molecular formula is C20H26N2OS. The standard InChI is InChI=1S/C20H26N2OS/c1-3-5-18-15-10-16(19-6-4-7-20(23)22(18)19)12-21(11-15)13-17-9-8-14(2)24-17/h4,6-9,15-16,18H,3,5,10-13H2,1-2H3/t15-,16+,18-/m0/s1. The van der Waals surface area contributed by atoms with E-state index in [0.29, 0.717) is 17.9 Å². The Bertz CT molecular complexity index is 778. The van der Waals surface area contributed by atoms with Crippen LogP contribution in [0.3, 0.4) is 0 Å². The molecule has 0 spiro atoms. The zero-order valence-corrected chi connectivity index (χ0v) is 15.4. The summed E-state index contributed by atoms with van der Waals surface area (Å²) in [5.74, 6) is 1.11. The van der Waals surface area contributed by atoms with Crippen molar-refractivity contribution in [2.75, 3.05) is 13.1 Å². The number of likely N-dealkylation sites (tertiary alicyclic amines) is 1. The molecule has 4 heterocycles. The summed E-state index contributed by atoms with van der Waals surface area (Å²) in [7, 11) is 0. The molecule has 4 heteroatoms. The molecule has 3 atom stereocenters. The number of piperidine rings is 1. The van der Waals surface area contributed by atoms with Gasteiger partial charge in [-0.3, -0.25) is 9.69 Å². The first-order chi connectivity index (χ1) is 11.7. The highest BCUT2D eigenvalue weighted by atomic mass is 32.1. The lowest BCUT2D eigenvalue weighted by Gasteiger charge is -2.47. The van der Waals surface area contributed by atoms with Crippen molar-refractivity contribution in [3.63, 3.8) is 0 Å². The van der Waals surface area contributed by atoms with Crippen LogP contribution in [0.2, 0.25) is 0 Å². The van der Waals surface area contributed by atoms with E-state index in [1.54, 1.807) is 6.07 Å².